The molecule has 2 rings (SSSR count). The fourth-order valence-corrected chi connectivity index (χ4v) is 2.58. The van der Waals surface area contributed by atoms with Gasteiger partial charge in [0.15, 0.2) is 0 Å². The van der Waals surface area contributed by atoms with E-state index in [9.17, 15) is 0 Å². The molecule has 2 aromatic heterocycles. The molecule has 0 unspecified atom stereocenters. The molecule has 0 amide bonds. The van der Waals surface area contributed by atoms with Crippen molar-refractivity contribution in [2.45, 2.75) is 6.92 Å². The molecule has 0 aliphatic rings. The first-order valence-electron chi connectivity index (χ1n) is 4.61. The average molecular weight is 284 g/mol. The molecule has 0 fully saturated rings. The summed E-state index contributed by atoms with van der Waals surface area (Å²) < 4.78 is 1.08. The van der Waals surface area contributed by atoms with Crippen molar-refractivity contribution in [2.75, 3.05) is 11.9 Å². The van der Waals surface area contributed by atoms with Crippen molar-refractivity contribution in [3.63, 3.8) is 0 Å². The molecule has 0 bridgehead atoms. The molecule has 3 nitrogen and oxygen atoms in total. The standard InChI is InChI=1S/C10H10BrN3S/c1-2-12-10-4-3-8(13-14-10)9-5-7(11)6-15-9/h3-6H,2H2,1H3,(H,12,14). The predicted octanol–water partition coefficient (Wildman–Crippen LogP) is 3.40. The van der Waals surface area contributed by atoms with Crippen molar-refractivity contribution in [3.8, 4) is 10.6 Å². The van der Waals surface area contributed by atoms with E-state index in [-0.39, 0.29) is 0 Å². The fraction of sp³-hybridized carbons (Fsp3) is 0.200. The number of thiophene rings is 1. The molecule has 0 aliphatic carbocycles. The van der Waals surface area contributed by atoms with Crippen LogP contribution in [0.5, 0.6) is 0 Å². The topological polar surface area (TPSA) is 37.8 Å². The van der Waals surface area contributed by atoms with E-state index in [1.54, 1.807) is 11.3 Å². The summed E-state index contributed by atoms with van der Waals surface area (Å²) in [5, 5.41) is 13.4. The summed E-state index contributed by atoms with van der Waals surface area (Å²) in [4.78, 5) is 1.12. The molecule has 15 heavy (non-hydrogen) atoms. The maximum Gasteiger partial charge on any atom is 0.148 e. The number of rotatable bonds is 3. The summed E-state index contributed by atoms with van der Waals surface area (Å²) in [5.74, 6) is 0.817. The summed E-state index contributed by atoms with van der Waals surface area (Å²) in [6, 6.07) is 5.96. The van der Waals surface area contributed by atoms with Gasteiger partial charge in [-0.05, 0) is 41.1 Å². The maximum absolute atomic E-state index is 4.16. The molecule has 0 radical (unpaired) electrons. The highest BCUT2D eigenvalue weighted by Crippen LogP contribution is 2.28. The SMILES string of the molecule is CCNc1ccc(-c2cc(Br)cs2)nn1. The van der Waals surface area contributed by atoms with Crippen LogP contribution >= 0.6 is 27.3 Å². The van der Waals surface area contributed by atoms with Crippen LogP contribution in [0, 0.1) is 0 Å². The monoisotopic (exact) mass is 283 g/mol. The van der Waals surface area contributed by atoms with Gasteiger partial charge < -0.3 is 5.32 Å². The number of anilines is 1. The summed E-state index contributed by atoms with van der Waals surface area (Å²) in [6.07, 6.45) is 0. The van der Waals surface area contributed by atoms with Crippen LogP contribution in [-0.2, 0) is 0 Å². The Morgan fingerprint density at radius 2 is 2.27 bits per heavy atom. The zero-order valence-electron chi connectivity index (χ0n) is 8.20. The third-order valence-electron chi connectivity index (χ3n) is 1.84. The molecule has 0 aromatic carbocycles. The molecular formula is C10H10BrN3S. The van der Waals surface area contributed by atoms with Crippen LogP contribution in [-0.4, -0.2) is 16.7 Å². The summed E-state index contributed by atoms with van der Waals surface area (Å²) in [7, 11) is 0. The molecule has 0 atom stereocenters. The highest BCUT2D eigenvalue weighted by Gasteiger charge is 2.03. The van der Waals surface area contributed by atoms with Crippen molar-refractivity contribution in [1.29, 1.82) is 0 Å². The highest BCUT2D eigenvalue weighted by atomic mass is 79.9. The van der Waals surface area contributed by atoms with Gasteiger partial charge in [0.05, 0.1) is 4.88 Å². The first-order valence-corrected chi connectivity index (χ1v) is 6.29. The van der Waals surface area contributed by atoms with Crippen molar-refractivity contribution in [1.82, 2.24) is 10.2 Å². The van der Waals surface area contributed by atoms with E-state index in [2.05, 4.69) is 31.4 Å². The number of nitrogens with zero attached hydrogens (tertiary/aromatic N) is 2. The quantitative estimate of drug-likeness (QED) is 0.938. The van der Waals surface area contributed by atoms with E-state index in [4.69, 9.17) is 0 Å². The molecular weight excluding hydrogens is 274 g/mol. The number of hydrogen-bond donors (Lipinski definition) is 1. The van der Waals surface area contributed by atoms with E-state index in [0.717, 1.165) is 27.4 Å². The molecule has 0 saturated carbocycles. The molecule has 1 N–H and O–H groups in total. The molecule has 0 aliphatic heterocycles. The van der Waals surface area contributed by atoms with E-state index in [1.165, 1.54) is 0 Å². The van der Waals surface area contributed by atoms with Gasteiger partial charge in [0.2, 0.25) is 0 Å². The zero-order valence-corrected chi connectivity index (χ0v) is 10.6. The van der Waals surface area contributed by atoms with Crippen molar-refractivity contribution < 1.29 is 0 Å². The lowest BCUT2D eigenvalue weighted by Crippen LogP contribution is -2.00. The smallest absolute Gasteiger partial charge is 0.148 e. The first kappa shape index (κ1) is 10.6. The lowest BCUT2D eigenvalue weighted by atomic mass is 10.3. The minimum absolute atomic E-state index is 0.817. The largest absolute Gasteiger partial charge is 0.369 e. The molecule has 0 saturated heterocycles. The number of aromatic nitrogens is 2. The van der Waals surface area contributed by atoms with Crippen molar-refractivity contribution in [3.05, 3.63) is 28.1 Å². The maximum atomic E-state index is 4.16. The van der Waals surface area contributed by atoms with Crippen LogP contribution in [0.4, 0.5) is 5.82 Å². The average Bonchev–Trinajstić information content (AvgIpc) is 2.67. The Hall–Kier alpha value is -0.940. The van der Waals surface area contributed by atoms with E-state index >= 15 is 0 Å². The highest BCUT2D eigenvalue weighted by molar-refractivity contribution is 9.10. The Morgan fingerprint density at radius 3 is 2.80 bits per heavy atom. The fourth-order valence-electron chi connectivity index (χ4n) is 1.19. The van der Waals surface area contributed by atoms with Gasteiger partial charge in [-0.2, -0.15) is 0 Å². The van der Waals surface area contributed by atoms with Gasteiger partial charge in [0.1, 0.15) is 11.5 Å². The normalized spacial score (nSPS) is 10.3. The summed E-state index contributed by atoms with van der Waals surface area (Å²) in [5.41, 5.74) is 0.910. The third kappa shape index (κ3) is 2.54. The van der Waals surface area contributed by atoms with Gasteiger partial charge in [0, 0.05) is 16.4 Å². The van der Waals surface area contributed by atoms with Gasteiger partial charge in [-0.15, -0.1) is 21.5 Å². The van der Waals surface area contributed by atoms with Gasteiger partial charge in [-0.3, -0.25) is 0 Å². The van der Waals surface area contributed by atoms with Crippen LogP contribution < -0.4 is 5.32 Å². The predicted molar refractivity (Wildman–Crippen MR) is 67.2 cm³/mol. The van der Waals surface area contributed by atoms with E-state index in [0.29, 0.717) is 0 Å². The van der Waals surface area contributed by atoms with Crippen LogP contribution in [0.15, 0.2) is 28.1 Å². The number of hydrogen-bond acceptors (Lipinski definition) is 4. The number of nitrogens with one attached hydrogen (secondary N) is 1. The lowest BCUT2D eigenvalue weighted by Gasteiger charge is -2.00. The second-order valence-electron chi connectivity index (χ2n) is 2.96. The van der Waals surface area contributed by atoms with Gasteiger partial charge >= 0.3 is 0 Å². The second-order valence-corrected chi connectivity index (χ2v) is 4.79. The molecule has 0 spiro atoms. The third-order valence-corrected chi connectivity index (χ3v) is 3.56. The number of halogens is 1. The van der Waals surface area contributed by atoms with Gasteiger partial charge in [0.25, 0.3) is 0 Å². The minimum atomic E-state index is 0.817. The van der Waals surface area contributed by atoms with Crippen LogP contribution in [0.2, 0.25) is 0 Å². The Bertz CT molecular complexity index is 438. The Balaban J connectivity index is 2.23. The van der Waals surface area contributed by atoms with E-state index < -0.39 is 0 Å². The van der Waals surface area contributed by atoms with Gasteiger partial charge in [-0.1, -0.05) is 0 Å². The lowest BCUT2D eigenvalue weighted by molar-refractivity contribution is 1.02. The van der Waals surface area contributed by atoms with Crippen molar-refractivity contribution >= 4 is 33.1 Å². The minimum Gasteiger partial charge on any atom is -0.369 e. The van der Waals surface area contributed by atoms with Gasteiger partial charge in [-0.25, -0.2) is 0 Å². The zero-order chi connectivity index (χ0) is 10.7. The summed E-state index contributed by atoms with van der Waals surface area (Å²) >= 11 is 5.07. The Kier molecular flexibility index (Phi) is 3.33. The Morgan fingerprint density at radius 1 is 1.40 bits per heavy atom. The Labute approximate surface area is 101 Å². The summed E-state index contributed by atoms with van der Waals surface area (Å²) in [6.45, 7) is 2.89. The molecule has 5 heteroatoms. The van der Waals surface area contributed by atoms with Crippen LogP contribution in [0.1, 0.15) is 6.92 Å². The molecule has 2 heterocycles. The first-order chi connectivity index (χ1) is 7.29. The van der Waals surface area contributed by atoms with Crippen LogP contribution in [0.25, 0.3) is 10.6 Å². The van der Waals surface area contributed by atoms with E-state index in [1.807, 2.05) is 30.5 Å². The van der Waals surface area contributed by atoms with Crippen molar-refractivity contribution in [2.24, 2.45) is 0 Å². The van der Waals surface area contributed by atoms with Crippen LogP contribution in [0.3, 0.4) is 0 Å². The molecule has 2 aromatic rings. The second kappa shape index (κ2) is 4.72. The molecule has 78 valence electrons.